The molecule has 3 N–H and O–H groups in total. The SMILES string of the molecule is N#Cc1ccnc(NC2CCN(Cc3ccc(-n4c(-c5cccnc5N)nc5ccc(C6CC6)nc54)cc3)CC2)n1. The van der Waals surface area contributed by atoms with Gasteiger partial charge in [0.05, 0.1) is 5.56 Å². The number of aromatic nitrogens is 6. The van der Waals surface area contributed by atoms with Gasteiger partial charge in [-0.15, -0.1) is 0 Å². The van der Waals surface area contributed by atoms with E-state index >= 15 is 0 Å². The van der Waals surface area contributed by atoms with Crippen LogP contribution in [0.1, 0.15) is 48.6 Å². The number of fused-ring (bicyclic) bond motifs is 1. The van der Waals surface area contributed by atoms with Crippen LogP contribution in [0, 0.1) is 11.3 Å². The maximum atomic E-state index is 9.08. The fourth-order valence-corrected chi connectivity index (χ4v) is 5.53. The number of benzene rings is 1. The first-order chi connectivity index (χ1) is 20.1. The van der Waals surface area contributed by atoms with Gasteiger partial charge in [-0.1, -0.05) is 12.1 Å². The van der Waals surface area contributed by atoms with Crippen molar-refractivity contribution in [3.63, 3.8) is 0 Å². The third-order valence-corrected chi connectivity index (χ3v) is 7.89. The zero-order chi connectivity index (χ0) is 27.8. The fraction of sp³-hybridized carbons (Fsp3) is 0.290. The number of nitrogens with two attached hydrogens (primary N) is 1. The predicted molar refractivity (Wildman–Crippen MR) is 157 cm³/mol. The molecule has 0 unspecified atom stereocenters. The molecule has 41 heavy (non-hydrogen) atoms. The number of anilines is 2. The number of nitrogens with one attached hydrogen (secondary N) is 1. The summed E-state index contributed by atoms with van der Waals surface area (Å²) in [5, 5.41) is 12.5. The van der Waals surface area contributed by atoms with Gasteiger partial charge >= 0.3 is 0 Å². The van der Waals surface area contributed by atoms with Crippen molar-refractivity contribution in [1.29, 1.82) is 5.26 Å². The number of pyridine rings is 2. The number of imidazole rings is 1. The lowest BCUT2D eigenvalue weighted by Crippen LogP contribution is -2.39. The topological polar surface area (TPSA) is 134 Å². The van der Waals surface area contributed by atoms with Crippen molar-refractivity contribution < 1.29 is 0 Å². The lowest BCUT2D eigenvalue weighted by Gasteiger charge is -2.32. The van der Waals surface area contributed by atoms with Crippen LogP contribution in [0.2, 0.25) is 0 Å². The summed E-state index contributed by atoms with van der Waals surface area (Å²) < 4.78 is 2.11. The third-order valence-electron chi connectivity index (χ3n) is 7.89. The average Bonchev–Trinajstić information content (AvgIpc) is 3.79. The monoisotopic (exact) mass is 542 g/mol. The maximum Gasteiger partial charge on any atom is 0.224 e. The molecule has 1 aliphatic heterocycles. The Balaban J connectivity index is 1.09. The smallest absolute Gasteiger partial charge is 0.224 e. The van der Waals surface area contributed by atoms with E-state index in [0.29, 0.717) is 29.4 Å². The van der Waals surface area contributed by atoms with Crippen LogP contribution < -0.4 is 11.1 Å². The van der Waals surface area contributed by atoms with E-state index in [0.717, 1.165) is 66.4 Å². The molecule has 7 rings (SSSR count). The number of nitrogens with zero attached hydrogens (tertiary/aromatic N) is 8. The molecule has 10 nitrogen and oxygen atoms in total. The van der Waals surface area contributed by atoms with E-state index in [9.17, 15) is 0 Å². The van der Waals surface area contributed by atoms with Crippen LogP contribution in [-0.4, -0.2) is 53.5 Å². The van der Waals surface area contributed by atoms with Gasteiger partial charge in [0.25, 0.3) is 0 Å². The summed E-state index contributed by atoms with van der Waals surface area (Å²) in [4.78, 5) is 25.3. The molecule has 1 aromatic carbocycles. The molecule has 204 valence electrons. The van der Waals surface area contributed by atoms with Crippen molar-refractivity contribution >= 4 is 22.9 Å². The number of likely N-dealkylation sites (tertiary alicyclic amines) is 1. The standard InChI is InChI=1S/C31H30N10/c32-18-23-11-15-35-31(37-23)36-22-12-16-40(17-13-22)19-20-3-7-24(8-4-20)41-29(25-2-1-14-34-28(25)33)39-27-10-9-26(21-5-6-21)38-30(27)41/h1-4,7-11,14-15,21-22H,5-6,12-13,16-17,19H2,(H2,33,34)(H,35,36,37). The van der Waals surface area contributed by atoms with Gasteiger partial charge < -0.3 is 11.1 Å². The van der Waals surface area contributed by atoms with Gasteiger partial charge in [0.2, 0.25) is 5.95 Å². The number of nitrogen functional groups attached to an aromatic ring is 1. The molecule has 0 radical (unpaired) electrons. The van der Waals surface area contributed by atoms with Crippen molar-refractivity contribution in [2.75, 3.05) is 24.1 Å². The third kappa shape index (κ3) is 5.19. The van der Waals surface area contributed by atoms with Crippen LogP contribution in [0.3, 0.4) is 0 Å². The van der Waals surface area contributed by atoms with E-state index in [1.807, 2.05) is 12.1 Å². The molecule has 2 aliphatic rings. The van der Waals surface area contributed by atoms with E-state index in [1.54, 1.807) is 18.5 Å². The molecule has 0 amide bonds. The van der Waals surface area contributed by atoms with Crippen molar-refractivity contribution in [1.82, 2.24) is 34.4 Å². The molecule has 0 bridgehead atoms. The Morgan fingerprint density at radius 1 is 0.902 bits per heavy atom. The second-order valence-corrected chi connectivity index (χ2v) is 10.8. The zero-order valence-corrected chi connectivity index (χ0v) is 22.6. The molecule has 0 spiro atoms. The molecular formula is C31H30N10. The van der Waals surface area contributed by atoms with E-state index in [2.05, 4.69) is 72.2 Å². The number of hydrogen-bond donors (Lipinski definition) is 2. The van der Waals surface area contributed by atoms with Crippen molar-refractivity contribution in [2.24, 2.45) is 0 Å². The molecular weight excluding hydrogens is 512 g/mol. The molecule has 4 aromatic heterocycles. The van der Waals surface area contributed by atoms with E-state index in [-0.39, 0.29) is 0 Å². The Morgan fingerprint density at radius 2 is 1.73 bits per heavy atom. The van der Waals surface area contributed by atoms with Gasteiger partial charge in [0.15, 0.2) is 11.5 Å². The summed E-state index contributed by atoms with van der Waals surface area (Å²) in [5.41, 5.74) is 12.5. The molecule has 1 saturated carbocycles. The van der Waals surface area contributed by atoms with Crippen LogP contribution in [0.15, 0.2) is 67.0 Å². The molecule has 5 heterocycles. The zero-order valence-electron chi connectivity index (χ0n) is 22.6. The summed E-state index contributed by atoms with van der Waals surface area (Å²) in [6, 6.07) is 20.7. The Bertz CT molecular complexity index is 1740. The summed E-state index contributed by atoms with van der Waals surface area (Å²) >= 11 is 0. The highest BCUT2D eigenvalue weighted by molar-refractivity contribution is 5.83. The second kappa shape index (κ2) is 10.6. The van der Waals surface area contributed by atoms with Gasteiger partial charge in [0.1, 0.15) is 23.1 Å². The second-order valence-electron chi connectivity index (χ2n) is 10.8. The van der Waals surface area contributed by atoms with Crippen LogP contribution >= 0.6 is 0 Å². The minimum Gasteiger partial charge on any atom is -0.383 e. The van der Waals surface area contributed by atoms with Gasteiger partial charge in [-0.25, -0.2) is 24.9 Å². The maximum absolute atomic E-state index is 9.08. The highest BCUT2D eigenvalue weighted by atomic mass is 15.2. The average molecular weight is 543 g/mol. The first-order valence-corrected chi connectivity index (χ1v) is 14.1. The summed E-state index contributed by atoms with van der Waals surface area (Å²) in [5.74, 6) is 2.27. The van der Waals surface area contributed by atoms with Crippen LogP contribution in [-0.2, 0) is 6.54 Å². The molecule has 5 aromatic rings. The Morgan fingerprint density at radius 3 is 2.49 bits per heavy atom. The van der Waals surface area contributed by atoms with E-state index in [4.69, 9.17) is 21.0 Å². The molecule has 1 saturated heterocycles. The Kier molecular flexibility index (Phi) is 6.49. The normalized spacial score (nSPS) is 16.1. The van der Waals surface area contributed by atoms with Gasteiger partial charge in [-0.2, -0.15) is 5.26 Å². The highest BCUT2D eigenvalue weighted by Gasteiger charge is 2.27. The fourth-order valence-electron chi connectivity index (χ4n) is 5.53. The predicted octanol–water partition coefficient (Wildman–Crippen LogP) is 4.68. The lowest BCUT2D eigenvalue weighted by molar-refractivity contribution is 0.211. The van der Waals surface area contributed by atoms with Gasteiger partial charge in [0, 0.05) is 55.4 Å². The summed E-state index contributed by atoms with van der Waals surface area (Å²) in [6.07, 6.45) is 7.69. The lowest BCUT2D eigenvalue weighted by atomic mass is 10.0. The Labute approximate surface area is 237 Å². The van der Waals surface area contributed by atoms with Gasteiger partial charge in [-0.3, -0.25) is 9.47 Å². The van der Waals surface area contributed by atoms with Crippen LogP contribution in [0.4, 0.5) is 11.8 Å². The van der Waals surface area contributed by atoms with Crippen molar-refractivity contribution in [3.8, 4) is 23.1 Å². The van der Waals surface area contributed by atoms with E-state index in [1.165, 1.54) is 18.4 Å². The molecule has 2 fully saturated rings. The van der Waals surface area contributed by atoms with Gasteiger partial charge in [-0.05, 0) is 73.7 Å². The number of piperidine rings is 1. The Hall–Kier alpha value is -4.88. The van der Waals surface area contributed by atoms with E-state index < -0.39 is 0 Å². The molecule has 10 heteroatoms. The first kappa shape index (κ1) is 25.1. The van der Waals surface area contributed by atoms with Crippen molar-refractivity contribution in [2.45, 2.75) is 44.2 Å². The minimum absolute atomic E-state index is 0.295. The van der Waals surface area contributed by atoms with Crippen molar-refractivity contribution in [3.05, 3.63) is 83.9 Å². The summed E-state index contributed by atoms with van der Waals surface area (Å²) in [7, 11) is 0. The molecule has 1 aliphatic carbocycles. The summed E-state index contributed by atoms with van der Waals surface area (Å²) in [6.45, 7) is 2.83. The van der Waals surface area contributed by atoms with Crippen LogP contribution in [0.5, 0.6) is 0 Å². The number of rotatable bonds is 7. The highest BCUT2D eigenvalue weighted by Crippen LogP contribution is 2.40. The van der Waals surface area contributed by atoms with Crippen LogP contribution in [0.25, 0.3) is 28.2 Å². The largest absolute Gasteiger partial charge is 0.383 e. The minimum atomic E-state index is 0.295. The quantitative estimate of drug-likeness (QED) is 0.300. The number of hydrogen-bond acceptors (Lipinski definition) is 9. The first-order valence-electron chi connectivity index (χ1n) is 14.1. The number of nitriles is 1. The molecule has 0 atom stereocenters.